The Balaban J connectivity index is 2.12. The number of carbonyl (C=O) groups excluding carboxylic acids is 2. The first-order chi connectivity index (χ1) is 18.6. The van der Waals surface area contributed by atoms with Crippen LogP contribution < -0.4 is 14.4 Å². The molecule has 0 aliphatic carbocycles. The van der Waals surface area contributed by atoms with Gasteiger partial charge < -0.3 is 15.0 Å². The Morgan fingerprint density at radius 2 is 1.56 bits per heavy atom. The van der Waals surface area contributed by atoms with Crippen molar-refractivity contribution in [2.45, 2.75) is 51.6 Å². The van der Waals surface area contributed by atoms with Crippen LogP contribution in [0.5, 0.6) is 5.75 Å². The van der Waals surface area contributed by atoms with E-state index in [1.165, 1.54) is 24.1 Å². The van der Waals surface area contributed by atoms with E-state index in [4.69, 9.17) is 4.74 Å². The molecule has 0 spiro atoms. The number of rotatable bonds is 12. The first-order valence-electron chi connectivity index (χ1n) is 13.0. The van der Waals surface area contributed by atoms with Crippen molar-refractivity contribution in [2.24, 2.45) is 0 Å². The molecule has 0 saturated carbocycles. The van der Waals surface area contributed by atoms with Gasteiger partial charge in [-0.25, -0.2) is 8.42 Å². The number of para-hydroxylation sites is 2. The summed E-state index contributed by atoms with van der Waals surface area (Å²) in [5.74, 6) is -0.481. The van der Waals surface area contributed by atoms with Crippen molar-refractivity contribution in [1.82, 2.24) is 10.2 Å². The average molecular weight is 552 g/mol. The molecular weight excluding hydrogens is 514 g/mol. The van der Waals surface area contributed by atoms with Gasteiger partial charge in [-0.15, -0.1) is 0 Å². The highest BCUT2D eigenvalue weighted by molar-refractivity contribution is 7.92. The van der Waals surface area contributed by atoms with Gasteiger partial charge in [-0.3, -0.25) is 13.9 Å². The van der Waals surface area contributed by atoms with E-state index < -0.39 is 28.5 Å². The zero-order valence-electron chi connectivity index (χ0n) is 23.2. The van der Waals surface area contributed by atoms with Gasteiger partial charge in [0.25, 0.3) is 10.0 Å². The molecule has 208 valence electrons. The van der Waals surface area contributed by atoms with E-state index >= 15 is 0 Å². The summed E-state index contributed by atoms with van der Waals surface area (Å²) >= 11 is 0. The van der Waals surface area contributed by atoms with Crippen molar-refractivity contribution >= 4 is 27.5 Å². The van der Waals surface area contributed by atoms with Crippen LogP contribution in [0.4, 0.5) is 5.69 Å². The predicted octanol–water partition coefficient (Wildman–Crippen LogP) is 4.45. The van der Waals surface area contributed by atoms with Gasteiger partial charge in [0.1, 0.15) is 18.3 Å². The fraction of sp³-hybridized carbons (Fsp3) is 0.333. The number of ether oxygens (including phenoxy) is 1. The molecule has 0 saturated heterocycles. The van der Waals surface area contributed by atoms with E-state index in [0.717, 1.165) is 21.0 Å². The quantitative estimate of drug-likeness (QED) is 0.359. The first-order valence-corrected chi connectivity index (χ1v) is 14.4. The van der Waals surface area contributed by atoms with Crippen LogP contribution in [-0.2, 0) is 26.2 Å². The summed E-state index contributed by atoms with van der Waals surface area (Å²) < 4.78 is 34.9. The Morgan fingerprint density at radius 1 is 0.923 bits per heavy atom. The lowest BCUT2D eigenvalue weighted by molar-refractivity contribution is -0.140. The van der Waals surface area contributed by atoms with E-state index in [-0.39, 0.29) is 23.0 Å². The van der Waals surface area contributed by atoms with Crippen LogP contribution in [0.2, 0.25) is 0 Å². The summed E-state index contributed by atoms with van der Waals surface area (Å²) in [6, 6.07) is 20.0. The summed E-state index contributed by atoms with van der Waals surface area (Å²) in [6.07, 6.45) is 0.359. The molecule has 1 N–H and O–H groups in total. The molecule has 1 unspecified atom stereocenters. The number of hydrogen-bond acceptors (Lipinski definition) is 5. The molecule has 8 nitrogen and oxygen atoms in total. The lowest BCUT2D eigenvalue weighted by Crippen LogP contribution is -2.51. The summed E-state index contributed by atoms with van der Waals surface area (Å²) in [7, 11) is -2.65. The molecule has 3 rings (SSSR count). The van der Waals surface area contributed by atoms with Gasteiger partial charge in [-0.05, 0) is 62.6 Å². The van der Waals surface area contributed by atoms with E-state index in [1.54, 1.807) is 43.3 Å². The molecule has 0 bridgehead atoms. The minimum absolute atomic E-state index is 0.0519. The second kappa shape index (κ2) is 13.3. The maximum absolute atomic E-state index is 14.1. The minimum atomic E-state index is -4.17. The van der Waals surface area contributed by atoms with E-state index in [2.05, 4.69) is 5.32 Å². The Labute approximate surface area is 231 Å². The van der Waals surface area contributed by atoms with Crippen LogP contribution in [0.15, 0.2) is 77.7 Å². The molecule has 9 heteroatoms. The van der Waals surface area contributed by atoms with E-state index in [9.17, 15) is 18.0 Å². The van der Waals surface area contributed by atoms with Crippen molar-refractivity contribution in [3.05, 3.63) is 89.5 Å². The van der Waals surface area contributed by atoms with Crippen LogP contribution in [0, 0.1) is 13.8 Å². The van der Waals surface area contributed by atoms with Crippen molar-refractivity contribution in [2.75, 3.05) is 24.5 Å². The third-order valence-corrected chi connectivity index (χ3v) is 8.33. The Morgan fingerprint density at radius 3 is 2.18 bits per heavy atom. The number of anilines is 1. The average Bonchev–Trinajstić information content (AvgIpc) is 2.93. The third kappa shape index (κ3) is 6.97. The highest BCUT2D eigenvalue weighted by atomic mass is 32.2. The number of sulfonamides is 1. The lowest BCUT2D eigenvalue weighted by atomic mass is 10.1. The van der Waals surface area contributed by atoms with Gasteiger partial charge in [-0.1, -0.05) is 61.0 Å². The van der Waals surface area contributed by atoms with Gasteiger partial charge in [0, 0.05) is 13.6 Å². The largest absolute Gasteiger partial charge is 0.492 e. The molecular formula is C30H37N3O5S. The van der Waals surface area contributed by atoms with Gasteiger partial charge in [0.05, 0.1) is 17.2 Å². The monoisotopic (exact) mass is 551 g/mol. The van der Waals surface area contributed by atoms with Crippen LogP contribution in [0.25, 0.3) is 0 Å². The third-order valence-electron chi connectivity index (χ3n) is 6.56. The molecule has 0 aliphatic rings. The maximum atomic E-state index is 14.1. The predicted molar refractivity (Wildman–Crippen MR) is 153 cm³/mol. The molecule has 0 radical (unpaired) electrons. The number of benzene rings is 3. The molecule has 0 fully saturated rings. The zero-order chi connectivity index (χ0) is 28.6. The van der Waals surface area contributed by atoms with Crippen LogP contribution in [-0.4, -0.2) is 51.4 Å². The molecule has 3 aromatic carbocycles. The standard InChI is InChI=1S/C30H37N3O5S/c1-6-26(30(35)31-5)32(20-24-13-9-8-12-23(24)4)29(34)21-33(27-14-10-11-15-28(27)38-7-2)39(36,37)25-18-16-22(3)17-19-25/h8-19,26H,6-7,20-21H2,1-5H3,(H,31,35). The van der Waals surface area contributed by atoms with E-state index in [1.807, 2.05) is 45.0 Å². The van der Waals surface area contributed by atoms with Crippen LogP contribution >= 0.6 is 0 Å². The highest BCUT2D eigenvalue weighted by Gasteiger charge is 2.34. The second-order valence-electron chi connectivity index (χ2n) is 9.21. The number of nitrogens with one attached hydrogen (secondary N) is 1. The second-order valence-corrected chi connectivity index (χ2v) is 11.1. The topological polar surface area (TPSA) is 96.0 Å². The van der Waals surface area contributed by atoms with Crippen molar-refractivity contribution < 1.29 is 22.7 Å². The first kappa shape index (κ1) is 29.7. The molecule has 0 aliphatic heterocycles. The van der Waals surface area contributed by atoms with Crippen molar-refractivity contribution in [3.8, 4) is 5.75 Å². The zero-order valence-corrected chi connectivity index (χ0v) is 24.0. The van der Waals surface area contributed by atoms with Gasteiger partial charge in [0.15, 0.2) is 0 Å². The molecule has 3 aromatic rings. The summed E-state index contributed by atoms with van der Waals surface area (Å²) in [5, 5.41) is 2.64. The van der Waals surface area contributed by atoms with Gasteiger partial charge in [-0.2, -0.15) is 0 Å². The Bertz CT molecular complexity index is 1390. The molecule has 0 heterocycles. The van der Waals surface area contributed by atoms with Crippen LogP contribution in [0.1, 0.15) is 37.0 Å². The summed E-state index contributed by atoms with van der Waals surface area (Å²) in [6.45, 7) is 7.39. The fourth-order valence-electron chi connectivity index (χ4n) is 4.35. The van der Waals surface area contributed by atoms with E-state index in [0.29, 0.717) is 18.8 Å². The van der Waals surface area contributed by atoms with Gasteiger partial charge in [0.2, 0.25) is 11.8 Å². The number of likely N-dealkylation sites (N-methyl/N-ethyl adjacent to an activating group) is 1. The highest BCUT2D eigenvalue weighted by Crippen LogP contribution is 2.33. The number of carbonyl (C=O) groups is 2. The molecule has 1 atom stereocenters. The smallest absolute Gasteiger partial charge is 0.264 e. The summed E-state index contributed by atoms with van der Waals surface area (Å²) in [5.41, 5.74) is 2.99. The molecule has 0 aromatic heterocycles. The Hall–Kier alpha value is -3.85. The Kier molecular flexibility index (Phi) is 10.1. The molecule has 2 amide bonds. The van der Waals surface area contributed by atoms with Crippen molar-refractivity contribution in [3.63, 3.8) is 0 Å². The fourth-order valence-corrected chi connectivity index (χ4v) is 5.77. The van der Waals surface area contributed by atoms with Crippen molar-refractivity contribution in [1.29, 1.82) is 0 Å². The lowest BCUT2D eigenvalue weighted by Gasteiger charge is -2.33. The SMILES string of the molecule is CCOc1ccccc1N(CC(=O)N(Cc1ccccc1C)C(CC)C(=O)NC)S(=O)(=O)c1ccc(C)cc1. The number of nitrogens with zero attached hydrogens (tertiary/aromatic N) is 2. The minimum Gasteiger partial charge on any atom is -0.492 e. The van der Waals surface area contributed by atoms with Gasteiger partial charge >= 0.3 is 0 Å². The summed E-state index contributed by atoms with van der Waals surface area (Å²) in [4.78, 5) is 28.4. The number of aryl methyl sites for hydroxylation is 2. The normalized spacial score (nSPS) is 11.9. The molecule has 39 heavy (non-hydrogen) atoms. The van der Waals surface area contributed by atoms with Crippen LogP contribution in [0.3, 0.4) is 0 Å². The number of amides is 2. The number of hydrogen-bond donors (Lipinski definition) is 1. The maximum Gasteiger partial charge on any atom is 0.264 e.